The quantitative estimate of drug-likeness (QED) is 0.786. The molecule has 2 fully saturated rings. The van der Waals surface area contributed by atoms with Gasteiger partial charge in [0.25, 0.3) is 5.91 Å². The molecule has 0 spiro atoms. The molecule has 2 aromatic carbocycles. The predicted octanol–water partition coefficient (Wildman–Crippen LogP) is 2.47. The monoisotopic (exact) mass is 415 g/mol. The Morgan fingerprint density at radius 3 is 2.36 bits per heavy atom. The van der Waals surface area contributed by atoms with Crippen molar-refractivity contribution in [3.05, 3.63) is 65.7 Å². The number of benzene rings is 2. The van der Waals surface area contributed by atoms with Crippen LogP contribution in [0.15, 0.2) is 54.6 Å². The molecule has 4 nitrogen and oxygen atoms in total. The molecule has 2 aliphatic rings. The Labute approximate surface area is 175 Å². The second-order valence-corrected chi connectivity index (χ2v) is 9.95. The zero-order valence-electron chi connectivity index (χ0n) is 16.0. The summed E-state index contributed by atoms with van der Waals surface area (Å²) in [7, 11) is 0. The Morgan fingerprint density at radius 1 is 1.00 bits per heavy atom. The van der Waals surface area contributed by atoms with E-state index in [4.69, 9.17) is 4.74 Å². The van der Waals surface area contributed by atoms with Gasteiger partial charge in [0.15, 0.2) is 6.61 Å². The van der Waals surface area contributed by atoms with Crippen molar-refractivity contribution in [2.45, 2.75) is 11.1 Å². The number of rotatable bonds is 6. The van der Waals surface area contributed by atoms with Crippen LogP contribution in [0.25, 0.3) is 0 Å². The number of thioether (sulfide) groups is 2. The number of nitrogens with zero attached hydrogens (tertiary/aromatic N) is 1. The molecule has 0 aliphatic carbocycles. The molecule has 1 amide bonds. The van der Waals surface area contributed by atoms with E-state index in [1.165, 1.54) is 27.5 Å². The third-order valence-corrected chi connectivity index (χ3v) is 8.36. The minimum Gasteiger partial charge on any atom is -0.484 e. The van der Waals surface area contributed by atoms with Crippen molar-refractivity contribution in [2.75, 3.05) is 44.3 Å². The van der Waals surface area contributed by atoms with Crippen molar-refractivity contribution in [2.24, 2.45) is 0 Å². The van der Waals surface area contributed by atoms with Gasteiger partial charge in [0, 0.05) is 17.1 Å². The number of carbonyl (C=O) groups is 1. The summed E-state index contributed by atoms with van der Waals surface area (Å²) in [6, 6.07) is 18.8. The van der Waals surface area contributed by atoms with Crippen molar-refractivity contribution in [1.29, 1.82) is 0 Å². The smallest absolute Gasteiger partial charge is 0.260 e. The van der Waals surface area contributed by atoms with Gasteiger partial charge in [0.1, 0.15) is 12.3 Å². The van der Waals surface area contributed by atoms with E-state index in [2.05, 4.69) is 42.5 Å². The Balaban J connectivity index is 1.20. The van der Waals surface area contributed by atoms with Crippen LogP contribution in [-0.4, -0.2) is 55.1 Å². The number of ether oxygens (including phenoxy) is 1. The van der Waals surface area contributed by atoms with Crippen LogP contribution in [0, 0.1) is 0 Å². The second-order valence-electron chi connectivity index (χ2n) is 7.22. The maximum Gasteiger partial charge on any atom is 0.260 e. The zero-order valence-corrected chi connectivity index (χ0v) is 17.6. The van der Waals surface area contributed by atoms with Gasteiger partial charge < -0.3 is 14.5 Å². The summed E-state index contributed by atoms with van der Waals surface area (Å²) in [6.45, 7) is 4.75. The molecule has 2 heterocycles. The first-order valence-electron chi connectivity index (χ1n) is 9.89. The average Bonchev–Trinajstić information content (AvgIpc) is 3.29. The fourth-order valence-electron chi connectivity index (χ4n) is 3.64. The molecule has 2 aromatic rings. The molecule has 4 rings (SSSR count). The van der Waals surface area contributed by atoms with Gasteiger partial charge in [-0.2, -0.15) is 0 Å². The minimum atomic E-state index is 0.0877. The molecule has 148 valence electrons. The summed E-state index contributed by atoms with van der Waals surface area (Å²) in [5.74, 6) is 3.31. The number of quaternary nitrogens is 1. The Bertz CT molecular complexity index is 756. The van der Waals surface area contributed by atoms with Crippen molar-refractivity contribution >= 4 is 29.4 Å². The molecule has 0 unspecified atom stereocenters. The fraction of sp³-hybridized carbons (Fsp3) is 0.409. The average molecular weight is 416 g/mol. The lowest BCUT2D eigenvalue weighted by Crippen LogP contribution is -3.13. The Kier molecular flexibility index (Phi) is 6.83. The number of piperazine rings is 1. The zero-order chi connectivity index (χ0) is 19.2. The van der Waals surface area contributed by atoms with E-state index >= 15 is 0 Å². The maximum atomic E-state index is 12.5. The number of amides is 1. The van der Waals surface area contributed by atoms with E-state index in [0.717, 1.165) is 38.5 Å². The maximum absolute atomic E-state index is 12.5. The van der Waals surface area contributed by atoms with Crippen molar-refractivity contribution in [3.8, 4) is 5.75 Å². The van der Waals surface area contributed by atoms with Crippen LogP contribution in [0.5, 0.6) is 5.75 Å². The molecule has 0 aromatic heterocycles. The lowest BCUT2D eigenvalue weighted by atomic mass is 10.2. The fourth-order valence-corrected chi connectivity index (χ4v) is 6.50. The Morgan fingerprint density at radius 2 is 1.68 bits per heavy atom. The molecule has 0 saturated carbocycles. The van der Waals surface area contributed by atoms with Gasteiger partial charge >= 0.3 is 0 Å². The molecular weight excluding hydrogens is 388 g/mol. The molecule has 0 radical (unpaired) electrons. The molecule has 0 bridgehead atoms. The summed E-state index contributed by atoms with van der Waals surface area (Å²) in [5, 5.41) is 0. The van der Waals surface area contributed by atoms with Crippen molar-refractivity contribution in [1.82, 2.24) is 4.90 Å². The predicted molar refractivity (Wildman–Crippen MR) is 117 cm³/mol. The summed E-state index contributed by atoms with van der Waals surface area (Å²) in [5.41, 5.74) is 2.70. The van der Waals surface area contributed by atoms with Crippen molar-refractivity contribution in [3.63, 3.8) is 0 Å². The van der Waals surface area contributed by atoms with Crippen LogP contribution >= 0.6 is 23.5 Å². The van der Waals surface area contributed by atoms with Crippen molar-refractivity contribution < 1.29 is 14.4 Å². The van der Waals surface area contributed by atoms with Crippen LogP contribution in [-0.2, 0) is 11.3 Å². The van der Waals surface area contributed by atoms with Crippen LogP contribution < -0.4 is 9.64 Å². The summed E-state index contributed by atoms with van der Waals surface area (Å²) in [4.78, 5) is 16.0. The van der Waals surface area contributed by atoms with Gasteiger partial charge in [-0.25, -0.2) is 0 Å². The summed E-state index contributed by atoms with van der Waals surface area (Å²) < 4.78 is 6.30. The first-order valence-corrected chi connectivity index (χ1v) is 12.0. The first-order chi connectivity index (χ1) is 13.8. The molecule has 2 aliphatic heterocycles. The highest BCUT2D eigenvalue weighted by Crippen LogP contribution is 2.45. The summed E-state index contributed by atoms with van der Waals surface area (Å²) >= 11 is 4.00. The van der Waals surface area contributed by atoms with Gasteiger partial charge in [-0.05, 0) is 17.7 Å². The number of nitrogens with one attached hydrogen (secondary N) is 1. The highest BCUT2D eigenvalue weighted by Gasteiger charge is 2.24. The Hall–Kier alpha value is -1.63. The van der Waals surface area contributed by atoms with Gasteiger partial charge in [-0.1, -0.05) is 42.5 Å². The van der Waals surface area contributed by atoms with Crippen LogP contribution in [0.1, 0.15) is 15.7 Å². The standard InChI is InChI=1S/C22H26N2O2S2/c25-21(17-26-20-8-6-19(7-9-20)22-27-14-15-28-22)24-12-10-23(11-13-24)16-18-4-2-1-3-5-18/h1-9,22H,10-17H2/p+1. The SMILES string of the molecule is O=C(COc1ccc(C2SCCS2)cc1)N1CC[NH+](Cc2ccccc2)CC1. The van der Waals surface area contributed by atoms with E-state index < -0.39 is 0 Å². The number of hydrogen-bond donors (Lipinski definition) is 1. The minimum absolute atomic E-state index is 0.0877. The second kappa shape index (κ2) is 9.72. The van der Waals surface area contributed by atoms with E-state index in [0.29, 0.717) is 4.58 Å². The topological polar surface area (TPSA) is 34.0 Å². The van der Waals surface area contributed by atoms with E-state index in [1.807, 2.05) is 40.6 Å². The van der Waals surface area contributed by atoms with E-state index in [-0.39, 0.29) is 12.5 Å². The van der Waals surface area contributed by atoms with E-state index in [9.17, 15) is 4.79 Å². The van der Waals surface area contributed by atoms with Crippen LogP contribution in [0.4, 0.5) is 0 Å². The highest BCUT2D eigenvalue weighted by atomic mass is 32.2. The largest absolute Gasteiger partial charge is 0.484 e. The molecule has 1 N–H and O–H groups in total. The molecule has 2 saturated heterocycles. The number of hydrogen-bond acceptors (Lipinski definition) is 4. The third kappa shape index (κ3) is 5.25. The molecular formula is C22H27N2O2S2+. The normalized spacial score (nSPS) is 18.4. The van der Waals surface area contributed by atoms with Crippen LogP contribution in [0.2, 0.25) is 0 Å². The van der Waals surface area contributed by atoms with Gasteiger partial charge in [-0.3, -0.25) is 4.79 Å². The van der Waals surface area contributed by atoms with Gasteiger partial charge in [0.05, 0.1) is 30.8 Å². The lowest BCUT2D eigenvalue weighted by Gasteiger charge is -2.32. The third-order valence-electron chi connectivity index (χ3n) is 5.26. The van der Waals surface area contributed by atoms with Gasteiger partial charge in [-0.15, -0.1) is 23.5 Å². The highest BCUT2D eigenvalue weighted by molar-refractivity contribution is 8.19. The van der Waals surface area contributed by atoms with E-state index in [1.54, 1.807) is 0 Å². The molecule has 0 atom stereocenters. The summed E-state index contributed by atoms with van der Waals surface area (Å²) in [6.07, 6.45) is 0. The molecule has 6 heteroatoms. The lowest BCUT2D eigenvalue weighted by molar-refractivity contribution is -0.917. The van der Waals surface area contributed by atoms with Crippen LogP contribution in [0.3, 0.4) is 0 Å². The molecule has 28 heavy (non-hydrogen) atoms. The first kappa shape index (κ1) is 19.7. The van der Waals surface area contributed by atoms with Gasteiger partial charge in [0.2, 0.25) is 0 Å². The number of carbonyl (C=O) groups excluding carboxylic acids is 1.